The van der Waals surface area contributed by atoms with Crippen molar-refractivity contribution in [2.24, 2.45) is 0 Å². The van der Waals surface area contributed by atoms with E-state index in [1.807, 2.05) is 0 Å². The van der Waals surface area contributed by atoms with Crippen LogP contribution in [0.25, 0.3) is 0 Å². The van der Waals surface area contributed by atoms with Crippen molar-refractivity contribution in [2.45, 2.75) is 37.1 Å². The number of hydrogen-bond acceptors (Lipinski definition) is 5. The second-order valence-corrected chi connectivity index (χ2v) is 8.78. The van der Waals surface area contributed by atoms with Crippen molar-refractivity contribution in [2.75, 3.05) is 32.5 Å². The number of ether oxygens (including phenoxy) is 1. The fourth-order valence-corrected chi connectivity index (χ4v) is 4.43. The molecule has 1 unspecified atom stereocenters. The number of rotatable bonds is 8. The van der Waals surface area contributed by atoms with E-state index in [2.05, 4.69) is 17.1 Å². The molecule has 0 radical (unpaired) electrons. The SMILES string of the molecule is COc1ccc(S(=O)(=O)CCC(=O)NCC(C)N2CCCC2)cc1Cl. The van der Waals surface area contributed by atoms with Crippen molar-refractivity contribution < 1.29 is 17.9 Å². The number of hydrogen-bond donors (Lipinski definition) is 1. The van der Waals surface area contributed by atoms with Crippen molar-refractivity contribution in [3.63, 3.8) is 0 Å². The van der Waals surface area contributed by atoms with Gasteiger partial charge in [0.25, 0.3) is 0 Å². The predicted octanol–water partition coefficient (Wildman–Crippen LogP) is 2.11. The molecule has 1 aromatic carbocycles. The minimum Gasteiger partial charge on any atom is -0.495 e. The summed E-state index contributed by atoms with van der Waals surface area (Å²) in [6, 6.07) is 4.56. The van der Waals surface area contributed by atoms with E-state index in [1.165, 1.54) is 38.2 Å². The summed E-state index contributed by atoms with van der Waals surface area (Å²) in [6.45, 7) is 4.72. The topological polar surface area (TPSA) is 75.7 Å². The first kappa shape index (κ1) is 20.0. The number of amides is 1. The quantitative estimate of drug-likeness (QED) is 0.738. The molecule has 0 aliphatic carbocycles. The number of sulfone groups is 1. The lowest BCUT2D eigenvalue weighted by Crippen LogP contribution is -2.41. The zero-order chi connectivity index (χ0) is 18.4. The zero-order valence-corrected chi connectivity index (χ0v) is 16.2. The number of nitrogens with zero attached hydrogens (tertiary/aromatic N) is 1. The molecule has 0 bridgehead atoms. The van der Waals surface area contributed by atoms with Crippen LogP contribution in [0.2, 0.25) is 5.02 Å². The molecule has 0 spiro atoms. The molecular formula is C17H25ClN2O4S. The van der Waals surface area contributed by atoms with Crippen LogP contribution in [0.3, 0.4) is 0 Å². The summed E-state index contributed by atoms with van der Waals surface area (Å²) in [6.07, 6.45) is 2.32. The molecule has 140 valence electrons. The van der Waals surface area contributed by atoms with E-state index in [-0.39, 0.29) is 34.0 Å². The van der Waals surface area contributed by atoms with Crippen LogP contribution in [-0.4, -0.2) is 57.8 Å². The molecule has 1 heterocycles. The molecule has 1 N–H and O–H groups in total. The highest BCUT2D eigenvalue weighted by molar-refractivity contribution is 7.91. The van der Waals surface area contributed by atoms with E-state index in [0.29, 0.717) is 12.3 Å². The van der Waals surface area contributed by atoms with Crippen LogP contribution >= 0.6 is 11.6 Å². The van der Waals surface area contributed by atoms with Gasteiger partial charge in [0, 0.05) is 19.0 Å². The summed E-state index contributed by atoms with van der Waals surface area (Å²) in [5.41, 5.74) is 0. The first-order valence-electron chi connectivity index (χ1n) is 8.40. The van der Waals surface area contributed by atoms with Crippen molar-refractivity contribution in [1.82, 2.24) is 10.2 Å². The zero-order valence-electron chi connectivity index (χ0n) is 14.6. The molecule has 0 saturated carbocycles. The van der Waals surface area contributed by atoms with E-state index < -0.39 is 9.84 Å². The first-order chi connectivity index (χ1) is 11.8. The Bertz CT molecular complexity index is 703. The fourth-order valence-electron chi connectivity index (χ4n) is 2.85. The Balaban J connectivity index is 1.84. The molecule has 8 heteroatoms. The maximum atomic E-state index is 12.3. The van der Waals surface area contributed by atoms with Gasteiger partial charge in [0.15, 0.2) is 9.84 Å². The maximum absolute atomic E-state index is 12.3. The van der Waals surface area contributed by atoms with Crippen molar-refractivity contribution in [3.8, 4) is 5.75 Å². The molecule has 1 amide bonds. The minimum absolute atomic E-state index is 0.0707. The molecular weight excluding hydrogens is 364 g/mol. The smallest absolute Gasteiger partial charge is 0.221 e. The Morgan fingerprint density at radius 2 is 2.04 bits per heavy atom. The third kappa shape index (κ3) is 5.59. The average molecular weight is 389 g/mol. The average Bonchev–Trinajstić information content (AvgIpc) is 3.12. The number of carbonyl (C=O) groups is 1. The van der Waals surface area contributed by atoms with E-state index in [0.717, 1.165) is 13.1 Å². The molecule has 1 aliphatic heterocycles. The Kier molecular flexibility index (Phi) is 7.10. The van der Waals surface area contributed by atoms with Gasteiger partial charge in [-0.05, 0) is 51.1 Å². The van der Waals surface area contributed by atoms with Crippen LogP contribution in [0.4, 0.5) is 0 Å². The van der Waals surface area contributed by atoms with E-state index >= 15 is 0 Å². The molecule has 2 rings (SSSR count). The lowest BCUT2D eigenvalue weighted by atomic mass is 10.3. The van der Waals surface area contributed by atoms with Gasteiger partial charge in [0.1, 0.15) is 5.75 Å². The van der Waals surface area contributed by atoms with Gasteiger partial charge in [-0.25, -0.2) is 8.42 Å². The van der Waals surface area contributed by atoms with Gasteiger partial charge < -0.3 is 10.1 Å². The highest BCUT2D eigenvalue weighted by atomic mass is 35.5. The van der Waals surface area contributed by atoms with E-state index in [4.69, 9.17) is 16.3 Å². The van der Waals surface area contributed by atoms with Crippen LogP contribution in [0, 0.1) is 0 Å². The van der Waals surface area contributed by atoms with Crippen LogP contribution < -0.4 is 10.1 Å². The second kappa shape index (κ2) is 8.87. The molecule has 25 heavy (non-hydrogen) atoms. The number of methoxy groups -OCH3 is 1. The largest absolute Gasteiger partial charge is 0.495 e. The van der Waals surface area contributed by atoms with Gasteiger partial charge in [-0.3, -0.25) is 9.69 Å². The number of nitrogens with one attached hydrogen (secondary N) is 1. The minimum atomic E-state index is -3.57. The summed E-state index contributed by atoms with van der Waals surface area (Å²) < 4.78 is 29.7. The molecule has 1 atom stereocenters. The van der Waals surface area contributed by atoms with Crippen molar-refractivity contribution in [1.29, 1.82) is 0 Å². The molecule has 6 nitrogen and oxygen atoms in total. The molecule has 0 aromatic heterocycles. The molecule has 1 fully saturated rings. The number of benzene rings is 1. The Hall–Kier alpha value is -1.31. The van der Waals surface area contributed by atoms with E-state index in [9.17, 15) is 13.2 Å². The Morgan fingerprint density at radius 1 is 1.36 bits per heavy atom. The van der Waals surface area contributed by atoms with Crippen LogP contribution in [0.15, 0.2) is 23.1 Å². The van der Waals surface area contributed by atoms with Gasteiger partial charge >= 0.3 is 0 Å². The van der Waals surface area contributed by atoms with E-state index in [1.54, 1.807) is 0 Å². The summed E-state index contributed by atoms with van der Waals surface area (Å²) >= 11 is 5.97. The molecule has 1 aromatic rings. The van der Waals surface area contributed by atoms with Gasteiger partial charge in [0.2, 0.25) is 5.91 Å². The maximum Gasteiger partial charge on any atom is 0.221 e. The summed E-state index contributed by atoms with van der Waals surface area (Å²) in [4.78, 5) is 14.4. The second-order valence-electron chi connectivity index (χ2n) is 6.26. The third-order valence-corrected chi connectivity index (χ3v) is 6.45. The summed E-state index contributed by atoms with van der Waals surface area (Å²) in [7, 11) is -2.11. The third-order valence-electron chi connectivity index (χ3n) is 4.44. The Labute approximate surface area is 154 Å². The first-order valence-corrected chi connectivity index (χ1v) is 10.4. The summed E-state index contributed by atoms with van der Waals surface area (Å²) in [5, 5.41) is 3.05. The normalized spacial score (nSPS) is 16.6. The molecule has 1 aliphatic rings. The number of carbonyl (C=O) groups excluding carboxylic acids is 1. The summed E-state index contributed by atoms with van der Waals surface area (Å²) in [5.74, 6) is -0.0944. The number of likely N-dealkylation sites (tertiary alicyclic amines) is 1. The lowest BCUT2D eigenvalue weighted by molar-refractivity contribution is -0.120. The molecule has 1 saturated heterocycles. The predicted molar refractivity (Wildman–Crippen MR) is 98.0 cm³/mol. The highest BCUT2D eigenvalue weighted by Crippen LogP contribution is 2.27. The van der Waals surface area contributed by atoms with Gasteiger partial charge in [-0.15, -0.1) is 0 Å². The van der Waals surface area contributed by atoms with Crippen molar-refractivity contribution in [3.05, 3.63) is 23.2 Å². The van der Waals surface area contributed by atoms with Gasteiger partial charge in [-0.1, -0.05) is 11.6 Å². The number of halogens is 1. The lowest BCUT2D eigenvalue weighted by Gasteiger charge is -2.23. The van der Waals surface area contributed by atoms with Crippen LogP contribution in [0.1, 0.15) is 26.2 Å². The monoisotopic (exact) mass is 388 g/mol. The Morgan fingerprint density at radius 3 is 2.64 bits per heavy atom. The van der Waals surface area contributed by atoms with Crippen LogP contribution in [0.5, 0.6) is 5.75 Å². The van der Waals surface area contributed by atoms with Crippen molar-refractivity contribution >= 4 is 27.3 Å². The fraction of sp³-hybridized carbons (Fsp3) is 0.588. The standard InChI is InChI=1S/C17H25ClN2O4S/c1-13(20-8-3-4-9-20)12-19-17(21)7-10-25(22,23)14-5-6-16(24-2)15(18)11-14/h5-6,11,13H,3-4,7-10,12H2,1-2H3,(H,19,21). The van der Waals surface area contributed by atoms with Gasteiger partial charge in [0.05, 0.1) is 22.8 Å². The van der Waals surface area contributed by atoms with Crippen LogP contribution in [-0.2, 0) is 14.6 Å². The highest BCUT2D eigenvalue weighted by Gasteiger charge is 2.20. The van der Waals surface area contributed by atoms with Gasteiger partial charge in [-0.2, -0.15) is 0 Å².